The van der Waals surface area contributed by atoms with Crippen LogP contribution in [0, 0.1) is 0 Å². The lowest BCUT2D eigenvalue weighted by Gasteiger charge is -2.43. The molecule has 2 aromatic carbocycles. The van der Waals surface area contributed by atoms with E-state index in [9.17, 15) is 14.4 Å². The van der Waals surface area contributed by atoms with Gasteiger partial charge in [0, 0.05) is 37.4 Å². The lowest BCUT2D eigenvalue weighted by atomic mass is 9.85. The van der Waals surface area contributed by atoms with Gasteiger partial charge in [0.1, 0.15) is 17.8 Å². The van der Waals surface area contributed by atoms with Crippen LogP contribution in [0.25, 0.3) is 0 Å². The smallest absolute Gasteiger partial charge is 0.253 e. The Morgan fingerprint density at radius 3 is 2.23 bits per heavy atom. The van der Waals surface area contributed by atoms with Crippen LogP contribution in [0.1, 0.15) is 62.2 Å². The number of unbranched alkanes of at least 4 members (excludes halogenated alkanes) is 1. The van der Waals surface area contributed by atoms with Gasteiger partial charge in [-0.25, -0.2) is 0 Å². The number of hydrogen-bond acceptors (Lipinski definition) is 5. The summed E-state index contributed by atoms with van der Waals surface area (Å²) < 4.78 is 5.73. The highest BCUT2D eigenvalue weighted by Gasteiger charge is 2.54. The summed E-state index contributed by atoms with van der Waals surface area (Å²) in [6.07, 6.45) is 6.33. The van der Waals surface area contributed by atoms with E-state index < -0.39 is 5.54 Å². The number of benzene rings is 2. The van der Waals surface area contributed by atoms with Gasteiger partial charge < -0.3 is 24.3 Å². The minimum Gasteiger partial charge on any atom is -0.494 e. The van der Waals surface area contributed by atoms with Crippen molar-refractivity contribution in [1.82, 2.24) is 14.7 Å². The molecule has 3 saturated heterocycles. The Kier molecular flexibility index (Phi) is 8.38. The van der Waals surface area contributed by atoms with E-state index in [4.69, 9.17) is 4.74 Å². The van der Waals surface area contributed by atoms with Crippen LogP contribution in [0.15, 0.2) is 54.6 Å². The Bertz CT molecular complexity index is 1140. The lowest BCUT2D eigenvalue weighted by molar-refractivity contribution is -0.141. The van der Waals surface area contributed by atoms with Crippen molar-refractivity contribution >= 4 is 23.4 Å². The Hall–Kier alpha value is -3.55. The minimum absolute atomic E-state index is 0.00241. The van der Waals surface area contributed by atoms with Gasteiger partial charge in [0.2, 0.25) is 5.91 Å². The van der Waals surface area contributed by atoms with E-state index in [1.807, 2.05) is 64.4 Å². The van der Waals surface area contributed by atoms with Crippen LogP contribution < -0.4 is 9.64 Å². The predicted molar refractivity (Wildman–Crippen MR) is 151 cm³/mol. The van der Waals surface area contributed by atoms with Gasteiger partial charge in [0.25, 0.3) is 11.8 Å². The Labute approximate surface area is 231 Å². The highest BCUT2D eigenvalue weighted by molar-refractivity contribution is 5.97. The number of piperidine rings is 2. The third-order valence-electron chi connectivity index (χ3n) is 8.36. The fourth-order valence-corrected chi connectivity index (χ4v) is 6.02. The maximum absolute atomic E-state index is 14.0. The van der Waals surface area contributed by atoms with E-state index in [1.165, 1.54) is 0 Å². The molecule has 0 aliphatic carbocycles. The van der Waals surface area contributed by atoms with Gasteiger partial charge in [0.05, 0.1) is 13.3 Å². The van der Waals surface area contributed by atoms with Crippen LogP contribution in [0.3, 0.4) is 0 Å². The molecule has 0 atom stereocenters. The highest BCUT2D eigenvalue weighted by Crippen LogP contribution is 2.39. The fraction of sp³-hybridized carbons (Fsp3) is 0.516. The average Bonchev–Trinajstić information content (AvgIpc) is 3.24. The molecule has 0 saturated carbocycles. The van der Waals surface area contributed by atoms with Gasteiger partial charge in [-0.2, -0.15) is 0 Å². The van der Waals surface area contributed by atoms with E-state index in [0.29, 0.717) is 44.8 Å². The van der Waals surface area contributed by atoms with Crippen LogP contribution in [0.5, 0.6) is 5.75 Å². The zero-order chi connectivity index (χ0) is 27.2. The predicted octanol–water partition coefficient (Wildman–Crippen LogP) is 4.16. The zero-order valence-electron chi connectivity index (χ0n) is 23.0. The maximum atomic E-state index is 14.0. The maximum Gasteiger partial charge on any atom is 0.253 e. The topological polar surface area (TPSA) is 73.4 Å². The molecule has 39 heavy (non-hydrogen) atoms. The summed E-state index contributed by atoms with van der Waals surface area (Å²) in [5.74, 6) is 0.769. The molecular formula is C31H40N4O4. The van der Waals surface area contributed by atoms with Crippen LogP contribution in [0.2, 0.25) is 0 Å². The molecule has 0 aromatic heterocycles. The molecule has 2 aromatic rings. The normalized spacial score (nSPS) is 19.1. The summed E-state index contributed by atoms with van der Waals surface area (Å²) in [5, 5.41) is 0. The van der Waals surface area contributed by atoms with Crippen molar-refractivity contribution < 1.29 is 19.1 Å². The SMILES string of the molecule is CCCCOc1ccc(C(=O)N2CCC3(CC2)C(=O)N(CC(=O)N2CCCCC2)CN3c2ccccc2)cc1. The number of nitrogens with zero attached hydrogens (tertiary/aromatic N) is 4. The second-order valence-corrected chi connectivity index (χ2v) is 10.9. The third-order valence-corrected chi connectivity index (χ3v) is 8.36. The summed E-state index contributed by atoms with van der Waals surface area (Å²) in [6, 6.07) is 17.3. The largest absolute Gasteiger partial charge is 0.494 e. The quantitative estimate of drug-likeness (QED) is 0.478. The molecular weight excluding hydrogens is 492 g/mol. The summed E-state index contributed by atoms with van der Waals surface area (Å²) in [7, 11) is 0. The number of ether oxygens (including phenoxy) is 1. The molecule has 0 unspecified atom stereocenters. The van der Waals surface area contributed by atoms with Crippen LogP contribution in [0.4, 0.5) is 5.69 Å². The molecule has 0 bridgehead atoms. The monoisotopic (exact) mass is 532 g/mol. The number of amides is 3. The molecule has 0 radical (unpaired) electrons. The van der Waals surface area contributed by atoms with Gasteiger partial charge in [0.15, 0.2) is 0 Å². The minimum atomic E-state index is -0.753. The Balaban J connectivity index is 1.28. The van der Waals surface area contributed by atoms with Gasteiger partial charge in [-0.05, 0) is 74.9 Å². The van der Waals surface area contributed by atoms with Crippen LogP contribution in [-0.4, -0.2) is 84.0 Å². The standard InChI is InChI=1S/C31H40N4O4/c1-2-3-22-39-27-14-12-25(13-15-27)29(37)33-20-16-31(17-21-33)30(38)34(23-28(36)32-18-8-5-9-19-32)24-35(31)26-10-6-4-7-11-26/h4,6-7,10-15H,2-3,5,8-9,16-24H2,1H3. The van der Waals surface area contributed by atoms with Crippen LogP contribution in [-0.2, 0) is 9.59 Å². The van der Waals surface area contributed by atoms with E-state index >= 15 is 0 Å². The highest BCUT2D eigenvalue weighted by atomic mass is 16.5. The number of carbonyl (C=O) groups is 3. The zero-order valence-corrected chi connectivity index (χ0v) is 23.0. The number of likely N-dealkylation sites (tertiary alicyclic amines) is 2. The summed E-state index contributed by atoms with van der Waals surface area (Å²) in [4.78, 5) is 48.0. The first-order chi connectivity index (χ1) is 19.0. The number of anilines is 1. The van der Waals surface area contributed by atoms with Crippen molar-refractivity contribution in [3.8, 4) is 5.75 Å². The molecule has 8 nitrogen and oxygen atoms in total. The second-order valence-electron chi connectivity index (χ2n) is 10.9. The first-order valence-corrected chi connectivity index (χ1v) is 14.4. The van der Waals surface area contributed by atoms with E-state index in [-0.39, 0.29) is 24.3 Å². The molecule has 3 aliphatic rings. The molecule has 208 valence electrons. The van der Waals surface area contributed by atoms with Crippen LogP contribution >= 0.6 is 0 Å². The summed E-state index contributed by atoms with van der Waals surface area (Å²) in [5.41, 5.74) is 0.842. The van der Waals surface area contributed by atoms with Gasteiger partial charge in [-0.3, -0.25) is 14.4 Å². The second kappa shape index (κ2) is 12.1. The van der Waals surface area contributed by atoms with Crippen molar-refractivity contribution in [3.63, 3.8) is 0 Å². The Morgan fingerprint density at radius 2 is 1.56 bits per heavy atom. The van der Waals surface area contributed by atoms with E-state index in [1.54, 1.807) is 4.90 Å². The number of para-hydroxylation sites is 1. The number of hydrogen-bond donors (Lipinski definition) is 0. The molecule has 0 N–H and O–H groups in total. The first-order valence-electron chi connectivity index (χ1n) is 14.4. The third kappa shape index (κ3) is 5.75. The summed E-state index contributed by atoms with van der Waals surface area (Å²) >= 11 is 0. The lowest BCUT2D eigenvalue weighted by Crippen LogP contribution is -2.57. The van der Waals surface area contributed by atoms with Gasteiger partial charge in [-0.1, -0.05) is 31.5 Å². The molecule has 3 heterocycles. The fourth-order valence-electron chi connectivity index (χ4n) is 6.02. The van der Waals surface area contributed by atoms with Crippen molar-refractivity contribution in [1.29, 1.82) is 0 Å². The van der Waals surface area contributed by atoms with E-state index in [2.05, 4.69) is 11.8 Å². The molecule has 5 rings (SSSR count). The first kappa shape index (κ1) is 27.0. The van der Waals surface area contributed by atoms with Crippen molar-refractivity contribution in [2.75, 3.05) is 50.9 Å². The number of rotatable bonds is 8. The Morgan fingerprint density at radius 1 is 0.872 bits per heavy atom. The van der Waals surface area contributed by atoms with Gasteiger partial charge in [-0.15, -0.1) is 0 Å². The van der Waals surface area contributed by atoms with Crippen molar-refractivity contribution in [2.24, 2.45) is 0 Å². The van der Waals surface area contributed by atoms with E-state index in [0.717, 1.165) is 56.6 Å². The molecule has 3 amide bonds. The summed E-state index contributed by atoms with van der Waals surface area (Å²) in [6.45, 7) is 5.81. The van der Waals surface area contributed by atoms with Crippen molar-refractivity contribution in [2.45, 2.75) is 57.4 Å². The van der Waals surface area contributed by atoms with Gasteiger partial charge >= 0.3 is 0 Å². The molecule has 8 heteroatoms. The number of carbonyl (C=O) groups excluding carboxylic acids is 3. The average molecular weight is 533 g/mol. The van der Waals surface area contributed by atoms with Crippen molar-refractivity contribution in [3.05, 3.63) is 60.2 Å². The molecule has 3 fully saturated rings. The molecule has 3 aliphatic heterocycles. The molecule has 1 spiro atoms.